The van der Waals surface area contributed by atoms with E-state index in [0.29, 0.717) is 37.8 Å². The zero-order chi connectivity index (χ0) is 23.1. The number of nitrogens with zero attached hydrogens (tertiary/aromatic N) is 1. The molecule has 0 unspecified atom stereocenters. The monoisotopic (exact) mass is 486 g/mol. The molecule has 1 amide bonds. The molecule has 0 aliphatic carbocycles. The zero-order valence-electron chi connectivity index (χ0n) is 16.9. The normalized spacial score (nSPS) is 10.9. The number of nitrogens with one attached hydrogen (secondary N) is 1. The van der Waals surface area contributed by atoms with Crippen molar-refractivity contribution in [1.29, 1.82) is 5.26 Å². The van der Waals surface area contributed by atoms with E-state index >= 15 is 0 Å². The third-order valence-electron chi connectivity index (χ3n) is 4.33. The Balaban J connectivity index is 1.77. The molecule has 0 radical (unpaired) electrons. The van der Waals surface area contributed by atoms with Crippen molar-refractivity contribution in [3.05, 3.63) is 92.4 Å². The molecule has 32 heavy (non-hydrogen) atoms. The molecule has 0 spiro atoms. The van der Waals surface area contributed by atoms with Gasteiger partial charge >= 0.3 is 0 Å². The molecule has 0 aliphatic rings. The van der Waals surface area contributed by atoms with Gasteiger partial charge in [0.15, 0.2) is 11.5 Å². The van der Waals surface area contributed by atoms with E-state index in [2.05, 4.69) is 5.32 Å². The average molecular weight is 488 g/mol. The van der Waals surface area contributed by atoms with E-state index in [1.54, 1.807) is 30.3 Å². The fourth-order valence-electron chi connectivity index (χ4n) is 2.80. The van der Waals surface area contributed by atoms with E-state index in [4.69, 9.17) is 44.3 Å². The molecule has 0 aliphatic heterocycles. The fourth-order valence-corrected chi connectivity index (χ4v) is 3.52. The second-order valence-electron chi connectivity index (χ2n) is 6.57. The highest BCUT2D eigenvalue weighted by atomic mass is 35.5. The first-order valence-electron chi connectivity index (χ1n) is 9.33. The van der Waals surface area contributed by atoms with Gasteiger partial charge in [0.05, 0.1) is 7.11 Å². The molecular weight excluding hydrogens is 471 g/mol. The Morgan fingerprint density at radius 3 is 2.41 bits per heavy atom. The van der Waals surface area contributed by atoms with Crippen LogP contribution in [0.25, 0.3) is 6.08 Å². The van der Waals surface area contributed by atoms with Gasteiger partial charge in [0, 0.05) is 26.3 Å². The lowest BCUT2D eigenvalue weighted by atomic mass is 10.1. The van der Waals surface area contributed by atoms with Gasteiger partial charge in [0.25, 0.3) is 5.91 Å². The number of halogens is 3. The summed E-state index contributed by atoms with van der Waals surface area (Å²) in [7, 11) is 1.51. The Morgan fingerprint density at radius 2 is 1.75 bits per heavy atom. The van der Waals surface area contributed by atoms with Gasteiger partial charge in [0.2, 0.25) is 0 Å². The van der Waals surface area contributed by atoms with Gasteiger partial charge < -0.3 is 14.8 Å². The maximum Gasteiger partial charge on any atom is 0.266 e. The lowest BCUT2D eigenvalue weighted by Gasteiger charge is -2.12. The zero-order valence-corrected chi connectivity index (χ0v) is 19.1. The second kappa shape index (κ2) is 10.9. The molecule has 3 aromatic rings. The molecule has 162 valence electrons. The van der Waals surface area contributed by atoms with Crippen LogP contribution < -0.4 is 14.8 Å². The van der Waals surface area contributed by atoms with Crippen molar-refractivity contribution >= 4 is 52.5 Å². The molecule has 0 heterocycles. The summed E-state index contributed by atoms with van der Waals surface area (Å²) in [6.45, 7) is 0.263. The van der Waals surface area contributed by atoms with Crippen LogP contribution >= 0.6 is 34.8 Å². The number of hydrogen-bond acceptors (Lipinski definition) is 4. The smallest absolute Gasteiger partial charge is 0.266 e. The molecule has 5 nitrogen and oxygen atoms in total. The lowest BCUT2D eigenvalue weighted by Crippen LogP contribution is -2.13. The average Bonchev–Trinajstić information content (AvgIpc) is 2.76. The van der Waals surface area contributed by atoms with Gasteiger partial charge in [-0.15, -0.1) is 0 Å². The summed E-state index contributed by atoms with van der Waals surface area (Å²) in [5, 5.41) is 13.4. The number of carbonyl (C=O) groups excluding carboxylic acids is 1. The third kappa shape index (κ3) is 6.18. The van der Waals surface area contributed by atoms with Crippen molar-refractivity contribution < 1.29 is 14.3 Å². The lowest BCUT2D eigenvalue weighted by molar-refractivity contribution is -0.112. The minimum absolute atomic E-state index is 0.104. The molecule has 3 aromatic carbocycles. The molecule has 0 aromatic heterocycles. The molecule has 0 fully saturated rings. The summed E-state index contributed by atoms with van der Waals surface area (Å²) in [6, 6.07) is 19.0. The van der Waals surface area contributed by atoms with Crippen LogP contribution in [0.4, 0.5) is 5.69 Å². The number of benzene rings is 3. The number of amides is 1. The quantitative estimate of drug-likeness (QED) is 0.294. The topological polar surface area (TPSA) is 71.3 Å². The van der Waals surface area contributed by atoms with Crippen molar-refractivity contribution in [3.8, 4) is 17.6 Å². The van der Waals surface area contributed by atoms with Gasteiger partial charge in [-0.05, 0) is 48.0 Å². The number of nitriles is 1. The first kappa shape index (κ1) is 23.5. The summed E-state index contributed by atoms with van der Waals surface area (Å²) in [4.78, 5) is 12.5. The van der Waals surface area contributed by atoms with Gasteiger partial charge in [-0.1, -0.05) is 59.1 Å². The highest BCUT2D eigenvalue weighted by Crippen LogP contribution is 2.30. The predicted molar refractivity (Wildman–Crippen MR) is 127 cm³/mol. The van der Waals surface area contributed by atoms with Crippen molar-refractivity contribution in [2.75, 3.05) is 12.4 Å². The SMILES string of the molecule is COc1cc(/C=C(\C#N)C(=O)Nc2cc(Cl)cc(Cl)c2)ccc1OCc1ccccc1Cl. The van der Waals surface area contributed by atoms with Crippen LogP contribution in [0, 0.1) is 11.3 Å². The molecule has 0 saturated carbocycles. The molecular formula is C24H17Cl3N2O3. The van der Waals surface area contributed by atoms with Gasteiger partial charge in [-0.3, -0.25) is 4.79 Å². The van der Waals surface area contributed by atoms with Gasteiger partial charge in [0.1, 0.15) is 18.2 Å². The largest absolute Gasteiger partial charge is 0.493 e. The van der Waals surface area contributed by atoms with Crippen molar-refractivity contribution in [1.82, 2.24) is 0 Å². The van der Waals surface area contributed by atoms with Gasteiger partial charge in [-0.25, -0.2) is 0 Å². The van der Waals surface area contributed by atoms with Crippen molar-refractivity contribution in [2.45, 2.75) is 6.61 Å². The minimum Gasteiger partial charge on any atom is -0.493 e. The molecule has 0 saturated heterocycles. The van der Waals surface area contributed by atoms with Crippen LogP contribution in [0.15, 0.2) is 66.2 Å². The number of carbonyl (C=O) groups is 1. The Labute approximate surface area is 200 Å². The number of rotatable bonds is 7. The molecule has 0 atom stereocenters. The molecule has 8 heteroatoms. The van der Waals surface area contributed by atoms with E-state index in [-0.39, 0.29) is 12.2 Å². The summed E-state index contributed by atoms with van der Waals surface area (Å²) in [6.07, 6.45) is 1.45. The predicted octanol–water partition coefficient (Wildman–Crippen LogP) is 6.78. The van der Waals surface area contributed by atoms with Crippen molar-refractivity contribution in [2.24, 2.45) is 0 Å². The number of anilines is 1. The number of methoxy groups -OCH3 is 1. The Morgan fingerprint density at radius 1 is 1.03 bits per heavy atom. The highest BCUT2D eigenvalue weighted by molar-refractivity contribution is 6.35. The fraction of sp³-hybridized carbons (Fsp3) is 0.0833. The number of ether oxygens (including phenoxy) is 2. The Hall–Kier alpha value is -3.17. The summed E-state index contributed by atoms with van der Waals surface area (Å²) in [5.41, 5.74) is 1.70. The van der Waals surface area contributed by atoms with Crippen LogP contribution in [0.3, 0.4) is 0 Å². The van der Waals surface area contributed by atoms with E-state index in [9.17, 15) is 10.1 Å². The van der Waals surface area contributed by atoms with E-state index < -0.39 is 5.91 Å². The first-order chi connectivity index (χ1) is 15.4. The standard InChI is InChI=1S/C24H17Cl3N2O3/c1-31-23-9-15(6-7-22(23)32-14-16-4-2-3-5-21(16)27)8-17(13-28)24(30)29-20-11-18(25)10-19(26)12-20/h2-12H,14H2,1H3,(H,29,30)/b17-8+. The first-order valence-corrected chi connectivity index (χ1v) is 10.5. The van der Waals surface area contributed by atoms with Crippen LogP contribution in [0.1, 0.15) is 11.1 Å². The number of hydrogen-bond donors (Lipinski definition) is 1. The van der Waals surface area contributed by atoms with Gasteiger partial charge in [-0.2, -0.15) is 5.26 Å². The van der Waals surface area contributed by atoms with E-state index in [1.165, 1.54) is 25.3 Å². The van der Waals surface area contributed by atoms with Crippen LogP contribution in [-0.4, -0.2) is 13.0 Å². The van der Waals surface area contributed by atoms with E-state index in [1.807, 2.05) is 24.3 Å². The Kier molecular flexibility index (Phi) is 8.02. The second-order valence-corrected chi connectivity index (χ2v) is 7.85. The molecule has 0 bridgehead atoms. The summed E-state index contributed by atoms with van der Waals surface area (Å²) >= 11 is 18.1. The maximum absolute atomic E-state index is 12.5. The third-order valence-corrected chi connectivity index (χ3v) is 5.13. The highest BCUT2D eigenvalue weighted by Gasteiger charge is 2.12. The van der Waals surface area contributed by atoms with E-state index in [0.717, 1.165) is 5.56 Å². The van der Waals surface area contributed by atoms with Crippen LogP contribution in [0.2, 0.25) is 15.1 Å². The maximum atomic E-state index is 12.5. The minimum atomic E-state index is -0.594. The Bertz CT molecular complexity index is 1200. The molecule has 1 N–H and O–H groups in total. The summed E-state index contributed by atoms with van der Waals surface area (Å²) < 4.78 is 11.2. The van der Waals surface area contributed by atoms with Crippen LogP contribution in [-0.2, 0) is 11.4 Å². The van der Waals surface area contributed by atoms with Crippen LogP contribution in [0.5, 0.6) is 11.5 Å². The van der Waals surface area contributed by atoms with Crippen molar-refractivity contribution in [3.63, 3.8) is 0 Å². The summed E-state index contributed by atoms with van der Waals surface area (Å²) in [5.74, 6) is 0.357. The molecule has 3 rings (SSSR count).